The first-order chi connectivity index (χ1) is 8.76. The van der Waals surface area contributed by atoms with Crippen molar-refractivity contribution >= 4 is 0 Å². The summed E-state index contributed by atoms with van der Waals surface area (Å²) in [5.41, 5.74) is 0.368. The second-order valence-corrected chi connectivity index (χ2v) is 6.33. The van der Waals surface area contributed by atoms with E-state index in [2.05, 4.69) is 24.2 Å². The summed E-state index contributed by atoms with van der Waals surface area (Å²) in [5, 5.41) is 3.61. The minimum Gasteiger partial charge on any atom is -0.381 e. The third-order valence-electron chi connectivity index (χ3n) is 4.64. The van der Waals surface area contributed by atoms with Crippen LogP contribution in [0.4, 0.5) is 0 Å². The van der Waals surface area contributed by atoms with Crippen LogP contribution in [0, 0.1) is 5.41 Å². The van der Waals surface area contributed by atoms with Gasteiger partial charge in [-0.25, -0.2) is 0 Å². The third-order valence-corrected chi connectivity index (χ3v) is 4.64. The number of rotatable bonds is 7. The Labute approximate surface area is 112 Å². The number of hydrogen-bond donors (Lipinski definition) is 1. The summed E-state index contributed by atoms with van der Waals surface area (Å²) in [7, 11) is 2.32. The van der Waals surface area contributed by atoms with Crippen molar-refractivity contribution in [2.75, 3.05) is 39.9 Å². The zero-order valence-corrected chi connectivity index (χ0v) is 12.2. The van der Waals surface area contributed by atoms with E-state index in [1.54, 1.807) is 0 Å². The van der Waals surface area contributed by atoms with Gasteiger partial charge < -0.3 is 15.0 Å². The van der Waals surface area contributed by atoms with Crippen LogP contribution in [0.25, 0.3) is 0 Å². The molecule has 3 heteroatoms. The number of ether oxygens (including phenoxy) is 1. The van der Waals surface area contributed by atoms with Gasteiger partial charge in [-0.05, 0) is 39.3 Å². The quantitative estimate of drug-likeness (QED) is 0.705. The van der Waals surface area contributed by atoms with Crippen molar-refractivity contribution in [1.82, 2.24) is 10.2 Å². The molecule has 1 saturated heterocycles. The van der Waals surface area contributed by atoms with E-state index in [0.717, 1.165) is 32.3 Å². The number of nitrogens with zero attached hydrogens (tertiary/aromatic N) is 1. The Morgan fingerprint density at radius 2 is 2.11 bits per heavy atom. The van der Waals surface area contributed by atoms with E-state index in [1.165, 1.54) is 45.1 Å². The minimum atomic E-state index is 0.368. The SMILES string of the molecule is CCCNCC1(CN(C)C2CCCC2)CCOC1. The van der Waals surface area contributed by atoms with Crippen LogP contribution < -0.4 is 5.32 Å². The summed E-state index contributed by atoms with van der Waals surface area (Å²) in [6.45, 7) is 7.59. The monoisotopic (exact) mass is 254 g/mol. The van der Waals surface area contributed by atoms with E-state index in [1.807, 2.05) is 0 Å². The Morgan fingerprint density at radius 1 is 1.33 bits per heavy atom. The zero-order valence-electron chi connectivity index (χ0n) is 12.2. The van der Waals surface area contributed by atoms with E-state index in [4.69, 9.17) is 4.74 Å². The Balaban J connectivity index is 1.84. The van der Waals surface area contributed by atoms with E-state index < -0.39 is 0 Å². The van der Waals surface area contributed by atoms with Crippen LogP contribution in [0.15, 0.2) is 0 Å². The van der Waals surface area contributed by atoms with E-state index in [0.29, 0.717) is 5.41 Å². The van der Waals surface area contributed by atoms with Gasteiger partial charge in [0.15, 0.2) is 0 Å². The molecule has 3 nitrogen and oxygen atoms in total. The fraction of sp³-hybridized carbons (Fsp3) is 1.00. The van der Waals surface area contributed by atoms with E-state index in [9.17, 15) is 0 Å². The van der Waals surface area contributed by atoms with Crippen molar-refractivity contribution in [1.29, 1.82) is 0 Å². The Kier molecular flexibility index (Phi) is 5.46. The first kappa shape index (κ1) is 14.3. The van der Waals surface area contributed by atoms with Crippen molar-refractivity contribution in [2.45, 2.75) is 51.5 Å². The first-order valence-corrected chi connectivity index (χ1v) is 7.74. The average molecular weight is 254 g/mol. The highest BCUT2D eigenvalue weighted by Crippen LogP contribution is 2.31. The average Bonchev–Trinajstić information content (AvgIpc) is 3.00. The molecule has 1 atom stereocenters. The molecule has 2 rings (SSSR count). The lowest BCUT2D eigenvalue weighted by Crippen LogP contribution is -2.46. The lowest BCUT2D eigenvalue weighted by molar-refractivity contribution is 0.102. The molecule has 1 heterocycles. The van der Waals surface area contributed by atoms with Gasteiger partial charge in [0.2, 0.25) is 0 Å². The third kappa shape index (κ3) is 3.69. The maximum atomic E-state index is 5.69. The molecular formula is C15H30N2O. The van der Waals surface area contributed by atoms with Crippen molar-refractivity contribution in [3.63, 3.8) is 0 Å². The molecule has 106 valence electrons. The second kappa shape index (κ2) is 6.88. The molecule has 1 aliphatic carbocycles. The molecule has 1 N–H and O–H groups in total. The fourth-order valence-corrected chi connectivity index (χ4v) is 3.50. The van der Waals surface area contributed by atoms with Crippen molar-refractivity contribution in [3.8, 4) is 0 Å². The van der Waals surface area contributed by atoms with Crippen LogP contribution in [0.1, 0.15) is 45.4 Å². The van der Waals surface area contributed by atoms with Crippen LogP contribution in [0.2, 0.25) is 0 Å². The van der Waals surface area contributed by atoms with Gasteiger partial charge in [0, 0.05) is 31.2 Å². The smallest absolute Gasteiger partial charge is 0.0547 e. The minimum absolute atomic E-state index is 0.368. The maximum absolute atomic E-state index is 5.69. The lowest BCUT2D eigenvalue weighted by atomic mass is 9.86. The Hall–Kier alpha value is -0.120. The molecule has 0 aromatic rings. The summed E-state index contributed by atoms with van der Waals surface area (Å²) >= 11 is 0. The highest BCUT2D eigenvalue weighted by Gasteiger charge is 2.37. The Morgan fingerprint density at radius 3 is 2.72 bits per heavy atom. The van der Waals surface area contributed by atoms with Crippen LogP contribution in [-0.2, 0) is 4.74 Å². The number of hydrogen-bond acceptors (Lipinski definition) is 3. The van der Waals surface area contributed by atoms with Gasteiger partial charge in [0.05, 0.1) is 6.61 Å². The summed E-state index contributed by atoms with van der Waals surface area (Å²) in [5.74, 6) is 0. The predicted molar refractivity (Wildman–Crippen MR) is 75.9 cm³/mol. The van der Waals surface area contributed by atoms with Crippen molar-refractivity contribution in [2.24, 2.45) is 5.41 Å². The Bertz CT molecular complexity index is 233. The van der Waals surface area contributed by atoms with Crippen LogP contribution in [0.5, 0.6) is 0 Å². The molecule has 0 bridgehead atoms. The van der Waals surface area contributed by atoms with Crippen LogP contribution in [-0.4, -0.2) is 50.8 Å². The highest BCUT2D eigenvalue weighted by molar-refractivity contribution is 4.90. The van der Waals surface area contributed by atoms with Gasteiger partial charge in [-0.1, -0.05) is 19.8 Å². The van der Waals surface area contributed by atoms with Crippen LogP contribution >= 0.6 is 0 Å². The summed E-state index contributed by atoms with van der Waals surface area (Å²) in [4.78, 5) is 2.61. The van der Waals surface area contributed by atoms with Crippen LogP contribution in [0.3, 0.4) is 0 Å². The van der Waals surface area contributed by atoms with Gasteiger partial charge in [0.25, 0.3) is 0 Å². The van der Waals surface area contributed by atoms with Crippen molar-refractivity contribution in [3.05, 3.63) is 0 Å². The first-order valence-electron chi connectivity index (χ1n) is 7.74. The van der Waals surface area contributed by atoms with Gasteiger partial charge in [-0.3, -0.25) is 0 Å². The molecule has 0 spiro atoms. The van der Waals surface area contributed by atoms with Gasteiger partial charge >= 0.3 is 0 Å². The van der Waals surface area contributed by atoms with Gasteiger partial charge in [0.1, 0.15) is 0 Å². The molecule has 1 aliphatic heterocycles. The normalized spacial score (nSPS) is 29.5. The molecular weight excluding hydrogens is 224 g/mol. The molecule has 0 radical (unpaired) electrons. The maximum Gasteiger partial charge on any atom is 0.0547 e. The molecule has 0 aromatic heterocycles. The highest BCUT2D eigenvalue weighted by atomic mass is 16.5. The lowest BCUT2D eigenvalue weighted by Gasteiger charge is -2.35. The summed E-state index contributed by atoms with van der Waals surface area (Å²) in [6.07, 6.45) is 8.08. The standard InChI is InChI=1S/C15H30N2O/c1-3-9-16-11-15(8-10-18-13-15)12-17(2)14-6-4-5-7-14/h14,16H,3-13H2,1-2H3. The van der Waals surface area contributed by atoms with Gasteiger partial charge in [-0.15, -0.1) is 0 Å². The summed E-state index contributed by atoms with van der Waals surface area (Å²) in [6, 6.07) is 0.827. The molecule has 2 fully saturated rings. The van der Waals surface area contributed by atoms with E-state index >= 15 is 0 Å². The molecule has 18 heavy (non-hydrogen) atoms. The molecule has 1 saturated carbocycles. The van der Waals surface area contributed by atoms with Gasteiger partial charge in [-0.2, -0.15) is 0 Å². The fourth-order valence-electron chi connectivity index (χ4n) is 3.50. The largest absolute Gasteiger partial charge is 0.381 e. The molecule has 2 aliphatic rings. The molecule has 1 unspecified atom stereocenters. The topological polar surface area (TPSA) is 24.5 Å². The molecule has 0 amide bonds. The molecule has 0 aromatic carbocycles. The van der Waals surface area contributed by atoms with Crippen molar-refractivity contribution < 1.29 is 4.74 Å². The van der Waals surface area contributed by atoms with E-state index in [-0.39, 0.29) is 0 Å². The second-order valence-electron chi connectivity index (χ2n) is 6.33. The summed E-state index contributed by atoms with van der Waals surface area (Å²) < 4.78 is 5.69. The predicted octanol–water partition coefficient (Wildman–Crippen LogP) is 2.27. The zero-order chi connectivity index (χ0) is 12.8. The number of nitrogens with one attached hydrogen (secondary N) is 1.